The van der Waals surface area contributed by atoms with Gasteiger partial charge in [-0.25, -0.2) is 0 Å². The molecule has 5 heteroatoms. The summed E-state index contributed by atoms with van der Waals surface area (Å²) in [5, 5.41) is 10.0. The van der Waals surface area contributed by atoms with Gasteiger partial charge in [0.15, 0.2) is 11.5 Å². The molecule has 5 nitrogen and oxygen atoms in total. The predicted octanol–water partition coefficient (Wildman–Crippen LogP) is 2.99. The molecule has 0 heterocycles. The van der Waals surface area contributed by atoms with Gasteiger partial charge in [0.1, 0.15) is 0 Å². The van der Waals surface area contributed by atoms with Crippen LogP contribution in [0.25, 0.3) is 0 Å². The van der Waals surface area contributed by atoms with Crippen molar-refractivity contribution in [1.82, 2.24) is 0 Å². The predicted molar refractivity (Wildman–Crippen MR) is 72.8 cm³/mol. The van der Waals surface area contributed by atoms with E-state index in [1.165, 1.54) is 6.07 Å². The minimum Gasteiger partial charge on any atom is -0.504 e. The molecule has 1 aromatic rings. The molecule has 0 fully saturated rings. The lowest BCUT2D eigenvalue weighted by Crippen LogP contribution is -2.05. The van der Waals surface area contributed by atoms with Crippen molar-refractivity contribution in [2.24, 2.45) is 0 Å². The van der Waals surface area contributed by atoms with E-state index in [9.17, 15) is 5.11 Å². The SMILES string of the molecule is CCOc1cc(O)c(OCC)c(OCC)c1OCC. The molecule has 0 bridgehead atoms. The number of ether oxygens (including phenoxy) is 4. The smallest absolute Gasteiger partial charge is 0.211 e. The number of rotatable bonds is 8. The van der Waals surface area contributed by atoms with Crippen LogP contribution < -0.4 is 18.9 Å². The molecule has 19 heavy (non-hydrogen) atoms. The van der Waals surface area contributed by atoms with Crippen molar-refractivity contribution in [3.8, 4) is 28.7 Å². The molecule has 0 spiro atoms. The summed E-state index contributed by atoms with van der Waals surface area (Å²) in [7, 11) is 0. The Morgan fingerprint density at radius 3 is 1.74 bits per heavy atom. The highest BCUT2D eigenvalue weighted by Crippen LogP contribution is 2.50. The van der Waals surface area contributed by atoms with Gasteiger partial charge in [0.2, 0.25) is 17.2 Å². The largest absolute Gasteiger partial charge is 0.504 e. The van der Waals surface area contributed by atoms with E-state index in [2.05, 4.69) is 0 Å². The minimum absolute atomic E-state index is 0.0165. The maximum Gasteiger partial charge on any atom is 0.211 e. The molecule has 0 saturated carbocycles. The molecule has 1 aromatic carbocycles. The second-order valence-electron chi connectivity index (χ2n) is 3.61. The average molecular weight is 270 g/mol. The Hall–Kier alpha value is -1.78. The first-order valence-electron chi connectivity index (χ1n) is 6.60. The summed E-state index contributed by atoms with van der Waals surface area (Å²) >= 11 is 0. The first-order valence-corrected chi connectivity index (χ1v) is 6.60. The topological polar surface area (TPSA) is 57.2 Å². The van der Waals surface area contributed by atoms with Crippen LogP contribution in [0.2, 0.25) is 0 Å². The van der Waals surface area contributed by atoms with Gasteiger partial charge in [0, 0.05) is 6.07 Å². The molecular formula is C14H22O5. The Bertz CT molecular complexity index is 403. The minimum atomic E-state index is -0.0165. The highest BCUT2D eigenvalue weighted by Gasteiger charge is 2.22. The summed E-state index contributed by atoms with van der Waals surface area (Å²) in [6.45, 7) is 9.24. The number of aromatic hydroxyl groups is 1. The van der Waals surface area contributed by atoms with E-state index in [0.717, 1.165) is 0 Å². The Balaban J connectivity index is 3.35. The zero-order chi connectivity index (χ0) is 14.3. The van der Waals surface area contributed by atoms with E-state index in [-0.39, 0.29) is 11.5 Å². The Morgan fingerprint density at radius 2 is 1.21 bits per heavy atom. The molecule has 0 saturated heterocycles. The summed E-state index contributed by atoms with van der Waals surface area (Å²) in [4.78, 5) is 0. The monoisotopic (exact) mass is 270 g/mol. The van der Waals surface area contributed by atoms with Crippen LogP contribution in [0.4, 0.5) is 0 Å². The molecule has 108 valence electrons. The van der Waals surface area contributed by atoms with Crippen LogP contribution in [-0.4, -0.2) is 31.5 Å². The summed E-state index contributed by atoms with van der Waals surface area (Å²) < 4.78 is 22.0. The molecule has 0 aliphatic carbocycles. The first-order chi connectivity index (χ1) is 9.19. The molecule has 0 atom stereocenters. The van der Waals surface area contributed by atoms with E-state index in [0.29, 0.717) is 43.7 Å². The standard InChI is InChI=1S/C14H22O5/c1-5-16-11-9-10(15)12(17-6-2)14(19-8-4)13(11)18-7-3/h9,15H,5-8H2,1-4H3. The normalized spacial score (nSPS) is 10.1. The van der Waals surface area contributed by atoms with E-state index in [1.54, 1.807) is 0 Å². The molecular weight excluding hydrogens is 248 g/mol. The Kier molecular flexibility index (Phi) is 6.12. The highest BCUT2D eigenvalue weighted by atomic mass is 16.6. The molecule has 1 N–H and O–H groups in total. The fourth-order valence-electron chi connectivity index (χ4n) is 1.69. The van der Waals surface area contributed by atoms with E-state index >= 15 is 0 Å². The Morgan fingerprint density at radius 1 is 0.737 bits per heavy atom. The molecule has 0 aromatic heterocycles. The van der Waals surface area contributed by atoms with Crippen molar-refractivity contribution < 1.29 is 24.1 Å². The second-order valence-corrected chi connectivity index (χ2v) is 3.61. The summed E-state index contributed by atoms with van der Waals surface area (Å²) in [5.74, 6) is 1.57. The molecule has 0 aliphatic rings. The van der Waals surface area contributed by atoms with Gasteiger partial charge in [-0.15, -0.1) is 0 Å². The summed E-state index contributed by atoms with van der Waals surface area (Å²) in [6, 6.07) is 1.49. The summed E-state index contributed by atoms with van der Waals surface area (Å²) in [6.07, 6.45) is 0. The molecule has 0 amide bonds. The summed E-state index contributed by atoms with van der Waals surface area (Å²) in [5.41, 5.74) is 0. The van der Waals surface area contributed by atoms with Crippen molar-refractivity contribution in [3.05, 3.63) is 6.07 Å². The van der Waals surface area contributed by atoms with Gasteiger partial charge in [-0.2, -0.15) is 0 Å². The van der Waals surface area contributed by atoms with E-state index < -0.39 is 0 Å². The van der Waals surface area contributed by atoms with Crippen LogP contribution in [0.5, 0.6) is 28.7 Å². The van der Waals surface area contributed by atoms with Crippen LogP contribution in [0.15, 0.2) is 6.07 Å². The third kappa shape index (κ3) is 3.59. The third-order valence-electron chi connectivity index (χ3n) is 2.30. The van der Waals surface area contributed by atoms with Crippen LogP contribution in [0.1, 0.15) is 27.7 Å². The van der Waals surface area contributed by atoms with Gasteiger partial charge >= 0.3 is 0 Å². The third-order valence-corrected chi connectivity index (χ3v) is 2.30. The van der Waals surface area contributed by atoms with Gasteiger partial charge in [-0.1, -0.05) is 0 Å². The van der Waals surface area contributed by atoms with Gasteiger partial charge in [-0.05, 0) is 27.7 Å². The van der Waals surface area contributed by atoms with Gasteiger partial charge in [0.25, 0.3) is 0 Å². The van der Waals surface area contributed by atoms with E-state index in [1.807, 2.05) is 27.7 Å². The average Bonchev–Trinajstić information content (AvgIpc) is 2.38. The lowest BCUT2D eigenvalue weighted by Gasteiger charge is -2.19. The highest BCUT2D eigenvalue weighted by molar-refractivity contribution is 5.65. The van der Waals surface area contributed by atoms with E-state index in [4.69, 9.17) is 18.9 Å². The lowest BCUT2D eigenvalue weighted by molar-refractivity contribution is 0.237. The molecule has 0 radical (unpaired) electrons. The fourth-order valence-corrected chi connectivity index (χ4v) is 1.69. The van der Waals surface area contributed by atoms with Crippen molar-refractivity contribution >= 4 is 0 Å². The number of benzene rings is 1. The van der Waals surface area contributed by atoms with Crippen molar-refractivity contribution in [3.63, 3.8) is 0 Å². The number of hydrogen-bond donors (Lipinski definition) is 1. The first kappa shape index (κ1) is 15.3. The zero-order valence-corrected chi connectivity index (χ0v) is 12.0. The lowest BCUT2D eigenvalue weighted by atomic mass is 10.2. The van der Waals surface area contributed by atoms with Crippen molar-refractivity contribution in [1.29, 1.82) is 0 Å². The van der Waals surface area contributed by atoms with Crippen LogP contribution >= 0.6 is 0 Å². The number of phenols is 1. The Labute approximate surface area is 114 Å². The van der Waals surface area contributed by atoms with Crippen LogP contribution in [-0.2, 0) is 0 Å². The molecule has 0 unspecified atom stereocenters. The molecule has 1 rings (SSSR count). The van der Waals surface area contributed by atoms with Gasteiger partial charge in [-0.3, -0.25) is 0 Å². The fraction of sp³-hybridized carbons (Fsp3) is 0.571. The van der Waals surface area contributed by atoms with Crippen molar-refractivity contribution in [2.75, 3.05) is 26.4 Å². The number of hydrogen-bond acceptors (Lipinski definition) is 5. The zero-order valence-electron chi connectivity index (χ0n) is 12.0. The second kappa shape index (κ2) is 7.61. The van der Waals surface area contributed by atoms with Gasteiger partial charge in [0.05, 0.1) is 26.4 Å². The maximum atomic E-state index is 10.0. The van der Waals surface area contributed by atoms with Crippen LogP contribution in [0, 0.1) is 0 Å². The quantitative estimate of drug-likeness (QED) is 0.787. The van der Waals surface area contributed by atoms with Crippen LogP contribution in [0.3, 0.4) is 0 Å². The van der Waals surface area contributed by atoms with Crippen molar-refractivity contribution in [2.45, 2.75) is 27.7 Å². The number of phenolic OH excluding ortho intramolecular Hbond substituents is 1. The van der Waals surface area contributed by atoms with Gasteiger partial charge < -0.3 is 24.1 Å². The molecule has 0 aliphatic heterocycles. The maximum absolute atomic E-state index is 10.0.